The maximum atomic E-state index is 13.2. The van der Waals surface area contributed by atoms with Gasteiger partial charge in [0, 0.05) is 17.6 Å². The number of aryl methyl sites for hydroxylation is 2. The van der Waals surface area contributed by atoms with Gasteiger partial charge in [-0.25, -0.2) is 14.4 Å². The number of nitrogens with one attached hydrogen (secondary N) is 2. The summed E-state index contributed by atoms with van der Waals surface area (Å²) in [6, 6.07) is 11.3. The minimum absolute atomic E-state index is 0.0151. The summed E-state index contributed by atoms with van der Waals surface area (Å²) in [6.07, 6.45) is 1.47. The molecule has 132 valence electrons. The molecule has 0 aliphatic rings. The molecule has 7 heteroatoms. The number of aromatic nitrogens is 2. The number of hydrogen-bond donors (Lipinski definition) is 2. The first-order valence-electron chi connectivity index (χ1n) is 7.86. The molecule has 0 aliphatic heterocycles. The zero-order valence-corrected chi connectivity index (χ0v) is 14.9. The third kappa shape index (κ3) is 4.15. The second-order valence-corrected chi connectivity index (χ2v) is 6.18. The topological polar surface area (TPSA) is 66.9 Å². The summed E-state index contributed by atoms with van der Waals surface area (Å²) in [7, 11) is 0. The highest BCUT2D eigenvalue weighted by atomic mass is 35.5. The zero-order chi connectivity index (χ0) is 18.7. The first-order valence-corrected chi connectivity index (χ1v) is 8.24. The molecular formula is C19H16ClFN4O. The van der Waals surface area contributed by atoms with Crippen molar-refractivity contribution < 1.29 is 9.18 Å². The van der Waals surface area contributed by atoms with Crippen molar-refractivity contribution in [3.8, 4) is 0 Å². The first kappa shape index (κ1) is 17.8. The maximum absolute atomic E-state index is 13.2. The largest absolute Gasteiger partial charge is 0.324 e. The number of amides is 1. The molecule has 3 aromatic rings. The van der Waals surface area contributed by atoms with E-state index in [9.17, 15) is 9.18 Å². The fraction of sp³-hybridized carbons (Fsp3) is 0.105. The lowest BCUT2D eigenvalue weighted by molar-refractivity contribution is 0.102. The Balaban J connectivity index is 1.76. The summed E-state index contributed by atoms with van der Waals surface area (Å²) < 4.78 is 13.2. The monoisotopic (exact) mass is 370 g/mol. The molecule has 0 spiro atoms. The molecule has 0 saturated carbocycles. The maximum Gasteiger partial charge on any atom is 0.274 e. The minimum atomic E-state index is -0.514. The van der Waals surface area contributed by atoms with Crippen LogP contribution in [0.1, 0.15) is 21.6 Å². The number of hydrogen-bond acceptors (Lipinski definition) is 4. The Labute approximate surface area is 155 Å². The third-order valence-corrected chi connectivity index (χ3v) is 4.12. The number of halogens is 2. The van der Waals surface area contributed by atoms with Gasteiger partial charge >= 0.3 is 0 Å². The molecule has 0 fully saturated rings. The summed E-state index contributed by atoms with van der Waals surface area (Å²) in [5, 5.41) is 5.69. The van der Waals surface area contributed by atoms with E-state index < -0.39 is 5.82 Å². The Kier molecular flexibility index (Phi) is 5.14. The fourth-order valence-corrected chi connectivity index (χ4v) is 2.44. The van der Waals surface area contributed by atoms with Crippen molar-refractivity contribution in [3.63, 3.8) is 0 Å². The molecular weight excluding hydrogens is 355 g/mol. The van der Waals surface area contributed by atoms with Crippen LogP contribution in [0.2, 0.25) is 5.02 Å². The lowest BCUT2D eigenvalue weighted by Crippen LogP contribution is -2.15. The summed E-state index contributed by atoms with van der Waals surface area (Å²) in [5.74, 6) is -0.657. The van der Waals surface area contributed by atoms with E-state index in [0.717, 1.165) is 11.1 Å². The van der Waals surface area contributed by atoms with E-state index in [1.165, 1.54) is 30.5 Å². The number of anilines is 3. The normalized spacial score (nSPS) is 10.5. The van der Waals surface area contributed by atoms with Gasteiger partial charge in [-0.2, -0.15) is 0 Å². The second kappa shape index (κ2) is 7.49. The number of rotatable bonds is 4. The van der Waals surface area contributed by atoms with Gasteiger partial charge in [0.2, 0.25) is 5.95 Å². The van der Waals surface area contributed by atoms with Crippen molar-refractivity contribution in [1.29, 1.82) is 0 Å². The molecule has 2 aromatic carbocycles. The van der Waals surface area contributed by atoms with Crippen LogP contribution in [0.5, 0.6) is 0 Å². The lowest BCUT2D eigenvalue weighted by Gasteiger charge is -2.09. The van der Waals surface area contributed by atoms with Crippen molar-refractivity contribution in [2.24, 2.45) is 0 Å². The van der Waals surface area contributed by atoms with Gasteiger partial charge in [0.15, 0.2) is 0 Å². The number of nitrogens with zero attached hydrogens (tertiary/aromatic N) is 2. The molecule has 26 heavy (non-hydrogen) atoms. The Bertz CT molecular complexity index is 978. The molecule has 0 atom stereocenters. The molecule has 0 unspecified atom stereocenters. The highest BCUT2D eigenvalue weighted by Gasteiger charge is 2.10. The van der Waals surface area contributed by atoms with Crippen molar-refractivity contribution in [3.05, 3.63) is 76.3 Å². The van der Waals surface area contributed by atoms with Gasteiger partial charge in [-0.1, -0.05) is 17.7 Å². The van der Waals surface area contributed by atoms with Gasteiger partial charge in [0.25, 0.3) is 5.91 Å². The Morgan fingerprint density at radius 3 is 2.54 bits per heavy atom. The highest BCUT2D eigenvalue weighted by Crippen LogP contribution is 2.21. The van der Waals surface area contributed by atoms with Crippen molar-refractivity contribution >= 4 is 34.8 Å². The van der Waals surface area contributed by atoms with Crippen LogP contribution >= 0.6 is 11.6 Å². The fourth-order valence-electron chi connectivity index (χ4n) is 2.26. The van der Waals surface area contributed by atoms with Gasteiger partial charge in [-0.3, -0.25) is 4.79 Å². The molecule has 1 heterocycles. The lowest BCUT2D eigenvalue weighted by atomic mass is 10.1. The van der Waals surface area contributed by atoms with Gasteiger partial charge < -0.3 is 10.6 Å². The third-order valence-electron chi connectivity index (χ3n) is 3.83. The van der Waals surface area contributed by atoms with Crippen LogP contribution < -0.4 is 10.6 Å². The zero-order valence-electron chi connectivity index (χ0n) is 14.2. The van der Waals surface area contributed by atoms with Gasteiger partial charge in [-0.05, 0) is 61.4 Å². The van der Waals surface area contributed by atoms with E-state index in [0.29, 0.717) is 11.4 Å². The molecule has 0 aliphatic carbocycles. The molecule has 2 N–H and O–H groups in total. The predicted molar refractivity (Wildman–Crippen MR) is 101 cm³/mol. The Morgan fingerprint density at radius 2 is 1.81 bits per heavy atom. The van der Waals surface area contributed by atoms with Crippen molar-refractivity contribution in [1.82, 2.24) is 9.97 Å². The predicted octanol–water partition coefficient (Wildman–Crippen LogP) is 4.88. The van der Waals surface area contributed by atoms with Crippen LogP contribution in [-0.4, -0.2) is 15.9 Å². The number of benzene rings is 2. The Hall–Kier alpha value is -2.99. The average Bonchev–Trinajstić information content (AvgIpc) is 2.61. The number of carbonyl (C=O) groups is 1. The van der Waals surface area contributed by atoms with E-state index in [1.54, 1.807) is 0 Å². The molecule has 0 radical (unpaired) electrons. The highest BCUT2D eigenvalue weighted by molar-refractivity contribution is 6.31. The smallest absolute Gasteiger partial charge is 0.274 e. The molecule has 3 rings (SSSR count). The molecule has 1 amide bonds. The van der Waals surface area contributed by atoms with E-state index in [4.69, 9.17) is 11.6 Å². The average molecular weight is 371 g/mol. The van der Waals surface area contributed by atoms with Gasteiger partial charge in [-0.15, -0.1) is 0 Å². The van der Waals surface area contributed by atoms with Crippen LogP contribution in [0, 0.1) is 19.7 Å². The van der Waals surface area contributed by atoms with Crippen LogP contribution in [0.25, 0.3) is 0 Å². The first-order chi connectivity index (χ1) is 12.4. The molecule has 0 saturated heterocycles. The summed E-state index contributed by atoms with van der Waals surface area (Å²) >= 11 is 5.76. The molecule has 5 nitrogen and oxygen atoms in total. The second-order valence-electron chi connectivity index (χ2n) is 5.77. The quantitative estimate of drug-likeness (QED) is 0.686. The summed E-state index contributed by atoms with van der Waals surface area (Å²) in [4.78, 5) is 20.7. The minimum Gasteiger partial charge on any atom is -0.324 e. The van der Waals surface area contributed by atoms with Gasteiger partial charge in [0.05, 0.1) is 5.02 Å². The standard InChI is InChI=1S/C19H16ClFN4O/c1-11-3-4-13(9-12(11)2)23-18(26)17-7-8-22-19(25-17)24-14-5-6-16(21)15(20)10-14/h3-10H,1-2H3,(H,23,26)(H,22,24,25). The SMILES string of the molecule is Cc1ccc(NC(=O)c2ccnc(Nc3ccc(F)c(Cl)c3)n2)cc1C. The van der Waals surface area contributed by atoms with E-state index >= 15 is 0 Å². The van der Waals surface area contributed by atoms with Crippen LogP contribution in [0.15, 0.2) is 48.7 Å². The Morgan fingerprint density at radius 1 is 1.04 bits per heavy atom. The van der Waals surface area contributed by atoms with Gasteiger partial charge in [0.1, 0.15) is 11.5 Å². The van der Waals surface area contributed by atoms with E-state index in [2.05, 4.69) is 20.6 Å². The van der Waals surface area contributed by atoms with Crippen LogP contribution in [-0.2, 0) is 0 Å². The van der Waals surface area contributed by atoms with Crippen LogP contribution in [0.4, 0.5) is 21.7 Å². The summed E-state index contributed by atoms with van der Waals surface area (Å²) in [6.45, 7) is 3.98. The van der Waals surface area contributed by atoms with Crippen molar-refractivity contribution in [2.75, 3.05) is 10.6 Å². The van der Waals surface area contributed by atoms with Crippen LogP contribution in [0.3, 0.4) is 0 Å². The molecule has 0 bridgehead atoms. The summed E-state index contributed by atoms with van der Waals surface area (Å²) in [5.41, 5.74) is 3.64. The van der Waals surface area contributed by atoms with Crippen molar-refractivity contribution in [2.45, 2.75) is 13.8 Å². The number of carbonyl (C=O) groups excluding carboxylic acids is 1. The van der Waals surface area contributed by atoms with E-state index in [1.807, 2.05) is 32.0 Å². The van der Waals surface area contributed by atoms with E-state index in [-0.39, 0.29) is 22.6 Å². The molecule has 1 aromatic heterocycles.